The van der Waals surface area contributed by atoms with E-state index in [-0.39, 0.29) is 0 Å². The minimum absolute atomic E-state index is 0.349. The summed E-state index contributed by atoms with van der Waals surface area (Å²) in [4.78, 5) is 0. The Hall–Kier alpha value is -5.10. The standard InChI is InChI=1S/C30H22F3N5O/c31-30(32,33)26-11-8-24(9-12-26)29-16-27(13-10-25(29)17-34)38(37-20-35-36-21-37)18-22-6-14-28(15-7-22)39-19-23-4-2-1-3-5-23/h1-16,20-21H,18-19H2. The van der Waals surface area contributed by atoms with Crippen LogP contribution in [0.2, 0.25) is 0 Å². The first-order valence-electron chi connectivity index (χ1n) is 12.0. The Morgan fingerprint density at radius 1 is 0.821 bits per heavy atom. The van der Waals surface area contributed by atoms with E-state index >= 15 is 0 Å². The SMILES string of the molecule is N#Cc1ccc(N(Cc2ccc(OCc3ccccc3)cc2)n2cnnc2)cc1-c1ccc(C(F)(F)F)cc1. The van der Waals surface area contributed by atoms with Crippen LogP contribution < -0.4 is 9.75 Å². The first kappa shape index (κ1) is 25.5. The molecular weight excluding hydrogens is 503 g/mol. The fourth-order valence-electron chi connectivity index (χ4n) is 4.10. The van der Waals surface area contributed by atoms with E-state index in [1.54, 1.807) is 35.5 Å². The van der Waals surface area contributed by atoms with Gasteiger partial charge in [-0.05, 0) is 59.2 Å². The highest BCUT2D eigenvalue weighted by molar-refractivity contribution is 5.75. The smallest absolute Gasteiger partial charge is 0.416 e. The molecule has 0 N–H and O–H groups in total. The molecule has 0 aliphatic carbocycles. The molecule has 4 aromatic carbocycles. The number of hydrogen-bond acceptors (Lipinski definition) is 5. The second-order valence-electron chi connectivity index (χ2n) is 8.73. The summed E-state index contributed by atoms with van der Waals surface area (Å²) in [6.07, 6.45) is -1.34. The molecule has 5 rings (SSSR count). The monoisotopic (exact) mass is 525 g/mol. The Morgan fingerprint density at radius 2 is 1.51 bits per heavy atom. The fraction of sp³-hybridized carbons (Fsp3) is 0.100. The summed E-state index contributed by atoms with van der Waals surface area (Å²) in [6, 6.07) is 29.7. The van der Waals surface area contributed by atoms with E-state index in [0.29, 0.717) is 35.5 Å². The molecule has 0 saturated carbocycles. The maximum Gasteiger partial charge on any atom is 0.416 e. The highest BCUT2D eigenvalue weighted by Gasteiger charge is 2.30. The van der Waals surface area contributed by atoms with Gasteiger partial charge in [-0.3, -0.25) is 5.01 Å². The molecule has 0 saturated heterocycles. The number of ether oxygens (including phenoxy) is 1. The topological polar surface area (TPSA) is 67.0 Å². The van der Waals surface area contributed by atoms with E-state index in [1.807, 2.05) is 59.6 Å². The van der Waals surface area contributed by atoms with Gasteiger partial charge in [-0.1, -0.05) is 54.6 Å². The molecule has 6 nitrogen and oxygen atoms in total. The Morgan fingerprint density at radius 3 is 2.15 bits per heavy atom. The molecule has 194 valence electrons. The van der Waals surface area contributed by atoms with Gasteiger partial charge in [0.05, 0.1) is 29.4 Å². The molecule has 0 fully saturated rings. The quantitative estimate of drug-likeness (QED) is 0.221. The minimum atomic E-state index is -4.44. The van der Waals surface area contributed by atoms with Crippen molar-refractivity contribution in [2.24, 2.45) is 0 Å². The van der Waals surface area contributed by atoms with Crippen LogP contribution in [0.3, 0.4) is 0 Å². The third kappa shape index (κ3) is 6.08. The van der Waals surface area contributed by atoms with Gasteiger partial charge in [0.1, 0.15) is 25.0 Å². The first-order chi connectivity index (χ1) is 18.9. The minimum Gasteiger partial charge on any atom is -0.489 e. The lowest BCUT2D eigenvalue weighted by Gasteiger charge is -2.26. The van der Waals surface area contributed by atoms with E-state index in [2.05, 4.69) is 16.3 Å². The van der Waals surface area contributed by atoms with Crippen LogP contribution in [0.1, 0.15) is 22.3 Å². The van der Waals surface area contributed by atoms with Crippen molar-refractivity contribution in [2.45, 2.75) is 19.3 Å². The van der Waals surface area contributed by atoms with Crippen molar-refractivity contribution in [1.82, 2.24) is 14.9 Å². The number of benzene rings is 4. The van der Waals surface area contributed by atoms with Crippen molar-refractivity contribution < 1.29 is 17.9 Å². The molecule has 0 bridgehead atoms. The lowest BCUT2D eigenvalue weighted by atomic mass is 9.98. The van der Waals surface area contributed by atoms with E-state index in [1.165, 1.54) is 12.1 Å². The zero-order chi connectivity index (χ0) is 27.2. The van der Waals surface area contributed by atoms with E-state index < -0.39 is 11.7 Å². The van der Waals surface area contributed by atoms with Crippen LogP contribution >= 0.6 is 0 Å². The van der Waals surface area contributed by atoms with E-state index in [0.717, 1.165) is 29.0 Å². The number of aromatic nitrogens is 3. The van der Waals surface area contributed by atoms with Crippen molar-refractivity contribution in [3.63, 3.8) is 0 Å². The largest absolute Gasteiger partial charge is 0.489 e. The Kier molecular flexibility index (Phi) is 7.28. The molecule has 1 aromatic heterocycles. The Balaban J connectivity index is 1.41. The fourth-order valence-corrected chi connectivity index (χ4v) is 4.10. The molecule has 0 aliphatic rings. The Labute approximate surface area is 223 Å². The summed E-state index contributed by atoms with van der Waals surface area (Å²) in [5, 5.41) is 19.4. The molecule has 5 aromatic rings. The highest BCUT2D eigenvalue weighted by Crippen LogP contribution is 2.33. The van der Waals surface area contributed by atoms with Crippen LogP contribution in [-0.4, -0.2) is 14.9 Å². The molecule has 0 amide bonds. The van der Waals surface area contributed by atoms with Gasteiger partial charge in [0.25, 0.3) is 0 Å². The van der Waals surface area contributed by atoms with Crippen LogP contribution in [0.5, 0.6) is 5.75 Å². The van der Waals surface area contributed by atoms with Crippen LogP contribution in [0.25, 0.3) is 11.1 Å². The third-order valence-electron chi connectivity index (χ3n) is 6.13. The van der Waals surface area contributed by atoms with Gasteiger partial charge in [0, 0.05) is 5.56 Å². The normalized spacial score (nSPS) is 11.1. The maximum atomic E-state index is 13.1. The predicted octanol–water partition coefficient (Wildman–Crippen LogP) is 6.88. The number of anilines is 1. The number of hydrogen-bond donors (Lipinski definition) is 0. The molecule has 0 radical (unpaired) electrons. The predicted molar refractivity (Wildman–Crippen MR) is 140 cm³/mol. The molecule has 0 spiro atoms. The van der Waals surface area contributed by atoms with Gasteiger partial charge in [-0.15, -0.1) is 10.2 Å². The van der Waals surface area contributed by atoms with Crippen molar-refractivity contribution in [2.75, 3.05) is 5.01 Å². The second-order valence-corrected chi connectivity index (χ2v) is 8.73. The number of alkyl halides is 3. The number of nitrogens with zero attached hydrogens (tertiary/aromatic N) is 5. The van der Waals surface area contributed by atoms with Crippen LogP contribution in [0.4, 0.5) is 18.9 Å². The van der Waals surface area contributed by atoms with Crippen LogP contribution in [0.15, 0.2) is 110 Å². The summed E-state index contributed by atoms with van der Waals surface area (Å²) in [5.41, 5.74) is 3.37. The van der Waals surface area contributed by atoms with Gasteiger partial charge in [0.15, 0.2) is 0 Å². The molecule has 0 atom stereocenters. The highest BCUT2D eigenvalue weighted by atomic mass is 19.4. The first-order valence-corrected chi connectivity index (χ1v) is 12.0. The van der Waals surface area contributed by atoms with Crippen molar-refractivity contribution >= 4 is 5.69 Å². The van der Waals surface area contributed by atoms with Gasteiger partial charge < -0.3 is 4.74 Å². The number of halogens is 3. The van der Waals surface area contributed by atoms with E-state index in [9.17, 15) is 18.4 Å². The summed E-state index contributed by atoms with van der Waals surface area (Å²) >= 11 is 0. The molecular formula is C30H22F3N5O. The summed E-state index contributed by atoms with van der Waals surface area (Å²) in [5.74, 6) is 0.737. The average molecular weight is 526 g/mol. The molecule has 0 unspecified atom stereocenters. The lowest BCUT2D eigenvalue weighted by Crippen LogP contribution is -2.27. The summed E-state index contributed by atoms with van der Waals surface area (Å²) < 4.78 is 46.8. The van der Waals surface area contributed by atoms with Gasteiger partial charge in [-0.25, -0.2) is 4.68 Å². The molecule has 39 heavy (non-hydrogen) atoms. The Bertz CT molecular complexity index is 1560. The van der Waals surface area contributed by atoms with Gasteiger partial charge in [-0.2, -0.15) is 18.4 Å². The van der Waals surface area contributed by atoms with Gasteiger partial charge >= 0.3 is 6.18 Å². The zero-order valence-electron chi connectivity index (χ0n) is 20.6. The number of nitriles is 1. The van der Waals surface area contributed by atoms with Crippen molar-refractivity contribution in [3.05, 3.63) is 132 Å². The molecule has 9 heteroatoms. The maximum absolute atomic E-state index is 13.1. The summed E-state index contributed by atoms with van der Waals surface area (Å²) in [7, 11) is 0. The second kappa shape index (κ2) is 11.1. The van der Waals surface area contributed by atoms with Crippen molar-refractivity contribution in [1.29, 1.82) is 5.26 Å². The van der Waals surface area contributed by atoms with Crippen LogP contribution in [0, 0.1) is 11.3 Å². The number of rotatable bonds is 8. The van der Waals surface area contributed by atoms with Crippen LogP contribution in [-0.2, 0) is 19.3 Å². The molecule has 0 aliphatic heterocycles. The third-order valence-corrected chi connectivity index (χ3v) is 6.13. The van der Waals surface area contributed by atoms with E-state index in [4.69, 9.17) is 4.74 Å². The zero-order valence-corrected chi connectivity index (χ0v) is 20.6. The molecule has 1 heterocycles. The van der Waals surface area contributed by atoms with Crippen molar-refractivity contribution in [3.8, 4) is 22.9 Å². The average Bonchev–Trinajstić information content (AvgIpc) is 3.50. The summed E-state index contributed by atoms with van der Waals surface area (Å²) in [6.45, 7) is 0.889. The lowest BCUT2D eigenvalue weighted by molar-refractivity contribution is -0.137. The van der Waals surface area contributed by atoms with Gasteiger partial charge in [0.2, 0.25) is 0 Å².